The highest BCUT2D eigenvalue weighted by atomic mass is 19.4. The molecule has 7 nitrogen and oxygen atoms in total. The Hall–Kier alpha value is -4.46. The minimum atomic E-state index is -4.78. The maximum atomic E-state index is 13.5. The van der Waals surface area contributed by atoms with Gasteiger partial charge in [0.2, 0.25) is 0 Å². The van der Waals surface area contributed by atoms with Crippen molar-refractivity contribution in [3.05, 3.63) is 113 Å². The quantitative estimate of drug-likeness (QED) is 0.192. The molecule has 1 aliphatic carbocycles. The van der Waals surface area contributed by atoms with E-state index in [-0.39, 0.29) is 22.6 Å². The topological polar surface area (TPSA) is 103 Å². The first kappa shape index (κ1) is 30.0. The van der Waals surface area contributed by atoms with Gasteiger partial charge in [0.1, 0.15) is 11.8 Å². The van der Waals surface area contributed by atoms with Gasteiger partial charge in [0.25, 0.3) is 5.91 Å². The van der Waals surface area contributed by atoms with Gasteiger partial charge in [-0.05, 0) is 91.2 Å². The van der Waals surface area contributed by atoms with Gasteiger partial charge in [-0.3, -0.25) is 4.79 Å². The standard InChI is InChI=1S/C33H32F3N5O2/c1-21(19-38-20-23-8-9-23)14-22-10-12-25(13-11-22)31(42)26-5-3-6-27(16-26)39-32(43)29-17-30(33(34,35)36)40-41(29)28-7-2-4-24(15-28)18-37/h2-7,10-13,15-17,21,23,31,38,42H,8-9,14,19-20H2,1H3,(H,39,43). The Kier molecular flexibility index (Phi) is 8.94. The molecular weight excluding hydrogens is 555 g/mol. The van der Waals surface area contributed by atoms with Crippen LogP contribution in [0.4, 0.5) is 18.9 Å². The van der Waals surface area contributed by atoms with E-state index in [4.69, 9.17) is 0 Å². The van der Waals surface area contributed by atoms with Gasteiger partial charge in [0.05, 0.1) is 17.3 Å². The number of alkyl halides is 3. The molecule has 1 heterocycles. The lowest BCUT2D eigenvalue weighted by Gasteiger charge is -2.16. The molecule has 3 N–H and O–H groups in total. The molecule has 10 heteroatoms. The van der Waals surface area contributed by atoms with Crippen LogP contribution in [0, 0.1) is 23.2 Å². The average molecular weight is 588 g/mol. The molecule has 2 atom stereocenters. The number of hydrogen-bond donors (Lipinski definition) is 3. The van der Waals surface area contributed by atoms with Gasteiger partial charge in [-0.25, -0.2) is 4.68 Å². The second-order valence-electron chi connectivity index (χ2n) is 11.1. The SMILES string of the molecule is CC(CNCC1CC1)Cc1ccc(C(O)c2cccc(NC(=O)c3cc(C(F)(F)F)nn3-c3cccc(C#N)c3)c2)cc1. The van der Waals surface area contributed by atoms with Gasteiger partial charge in [-0.2, -0.15) is 23.5 Å². The number of aromatic nitrogens is 2. The summed E-state index contributed by atoms with van der Waals surface area (Å²) in [5, 5.41) is 30.0. The zero-order valence-corrected chi connectivity index (χ0v) is 23.6. The molecule has 1 fully saturated rings. The number of nitrogens with zero attached hydrogens (tertiary/aromatic N) is 3. The number of rotatable bonds is 11. The summed E-state index contributed by atoms with van der Waals surface area (Å²) < 4.78 is 41.4. The Morgan fingerprint density at radius 3 is 2.51 bits per heavy atom. The van der Waals surface area contributed by atoms with Crippen LogP contribution in [-0.4, -0.2) is 33.9 Å². The molecule has 3 aromatic carbocycles. The number of hydrogen-bond acceptors (Lipinski definition) is 5. The summed E-state index contributed by atoms with van der Waals surface area (Å²) >= 11 is 0. The maximum Gasteiger partial charge on any atom is 0.435 e. The van der Waals surface area contributed by atoms with Crippen LogP contribution < -0.4 is 10.6 Å². The van der Waals surface area contributed by atoms with E-state index in [9.17, 15) is 28.3 Å². The van der Waals surface area contributed by atoms with Crippen molar-refractivity contribution >= 4 is 11.6 Å². The number of aliphatic hydroxyl groups excluding tert-OH is 1. The third kappa shape index (κ3) is 7.69. The van der Waals surface area contributed by atoms with Crippen LogP contribution in [-0.2, 0) is 12.6 Å². The Balaban J connectivity index is 1.29. The molecule has 1 aromatic heterocycles. The normalized spacial score (nSPS) is 14.6. The lowest BCUT2D eigenvalue weighted by molar-refractivity contribution is -0.141. The van der Waals surface area contributed by atoms with E-state index in [2.05, 4.69) is 22.7 Å². The first-order valence-electron chi connectivity index (χ1n) is 14.2. The van der Waals surface area contributed by atoms with Gasteiger partial charge in [0.15, 0.2) is 5.69 Å². The summed E-state index contributed by atoms with van der Waals surface area (Å²) in [6.45, 7) is 4.26. The van der Waals surface area contributed by atoms with Crippen LogP contribution in [0.25, 0.3) is 5.69 Å². The van der Waals surface area contributed by atoms with Crippen molar-refractivity contribution in [3.8, 4) is 11.8 Å². The lowest BCUT2D eigenvalue weighted by Crippen LogP contribution is -2.24. The van der Waals surface area contributed by atoms with Crippen LogP contribution in [0.2, 0.25) is 0 Å². The summed E-state index contributed by atoms with van der Waals surface area (Å²) in [6, 6.07) is 22.7. The number of carbonyl (C=O) groups is 1. The van der Waals surface area contributed by atoms with Crippen LogP contribution in [0.1, 0.15) is 64.3 Å². The fourth-order valence-corrected chi connectivity index (χ4v) is 4.93. The van der Waals surface area contributed by atoms with Crippen LogP contribution in [0.5, 0.6) is 0 Å². The molecule has 43 heavy (non-hydrogen) atoms. The van der Waals surface area contributed by atoms with E-state index in [1.165, 1.54) is 42.7 Å². The highest BCUT2D eigenvalue weighted by Gasteiger charge is 2.36. The molecule has 222 valence electrons. The fraction of sp³-hybridized carbons (Fsp3) is 0.303. The second kappa shape index (κ2) is 12.8. The van der Waals surface area contributed by atoms with Crippen molar-refractivity contribution in [2.45, 2.75) is 38.5 Å². The summed E-state index contributed by atoms with van der Waals surface area (Å²) in [5.74, 6) is 0.495. The van der Waals surface area contributed by atoms with E-state index in [0.717, 1.165) is 30.1 Å². The van der Waals surface area contributed by atoms with Crippen LogP contribution >= 0.6 is 0 Å². The first-order chi connectivity index (χ1) is 20.6. The Morgan fingerprint density at radius 2 is 1.81 bits per heavy atom. The highest BCUT2D eigenvalue weighted by molar-refractivity contribution is 6.03. The van der Waals surface area contributed by atoms with Gasteiger partial charge >= 0.3 is 6.18 Å². The number of benzene rings is 3. The van der Waals surface area contributed by atoms with Crippen molar-refractivity contribution in [2.75, 3.05) is 18.4 Å². The smallest absolute Gasteiger partial charge is 0.384 e. The van der Waals surface area contributed by atoms with Crippen molar-refractivity contribution in [2.24, 2.45) is 11.8 Å². The number of nitrogens with one attached hydrogen (secondary N) is 2. The third-order valence-corrected chi connectivity index (χ3v) is 7.41. The van der Waals surface area contributed by atoms with E-state index in [0.29, 0.717) is 23.1 Å². The predicted octanol–water partition coefficient (Wildman–Crippen LogP) is 6.27. The Morgan fingerprint density at radius 1 is 1.07 bits per heavy atom. The van der Waals surface area contributed by atoms with Crippen molar-refractivity contribution in [3.63, 3.8) is 0 Å². The molecule has 0 spiro atoms. The first-order valence-corrected chi connectivity index (χ1v) is 14.2. The molecule has 1 aliphatic rings. The average Bonchev–Trinajstić information content (AvgIpc) is 3.70. The number of carbonyl (C=O) groups excluding carboxylic acids is 1. The molecule has 0 bridgehead atoms. The van der Waals surface area contributed by atoms with E-state index < -0.39 is 23.9 Å². The van der Waals surface area contributed by atoms with Crippen molar-refractivity contribution < 1.29 is 23.1 Å². The number of halogens is 3. The summed E-state index contributed by atoms with van der Waals surface area (Å²) in [5.41, 5.74) is 1.39. The number of nitriles is 1. The highest BCUT2D eigenvalue weighted by Crippen LogP contribution is 2.31. The third-order valence-electron chi connectivity index (χ3n) is 7.41. The summed E-state index contributed by atoms with van der Waals surface area (Å²) in [6.07, 6.45) is -2.18. The summed E-state index contributed by atoms with van der Waals surface area (Å²) in [7, 11) is 0. The molecule has 4 aromatic rings. The monoisotopic (exact) mass is 587 g/mol. The van der Waals surface area contributed by atoms with E-state index in [1.54, 1.807) is 24.3 Å². The van der Waals surface area contributed by atoms with Crippen LogP contribution in [0.3, 0.4) is 0 Å². The molecule has 0 saturated heterocycles. The zero-order valence-electron chi connectivity index (χ0n) is 23.6. The van der Waals surface area contributed by atoms with Gasteiger partial charge < -0.3 is 15.7 Å². The van der Waals surface area contributed by atoms with E-state index >= 15 is 0 Å². The number of amides is 1. The minimum Gasteiger partial charge on any atom is -0.384 e. The molecule has 2 unspecified atom stereocenters. The molecule has 0 radical (unpaired) electrons. The minimum absolute atomic E-state index is 0.135. The molecule has 5 rings (SSSR count). The van der Waals surface area contributed by atoms with Crippen LogP contribution in [0.15, 0.2) is 78.9 Å². The summed E-state index contributed by atoms with van der Waals surface area (Å²) in [4.78, 5) is 13.2. The molecule has 0 aliphatic heterocycles. The number of anilines is 1. The van der Waals surface area contributed by atoms with Gasteiger partial charge in [-0.1, -0.05) is 49.4 Å². The van der Waals surface area contributed by atoms with Gasteiger partial charge in [-0.15, -0.1) is 0 Å². The molecule has 1 amide bonds. The molecule has 1 saturated carbocycles. The Bertz CT molecular complexity index is 1620. The van der Waals surface area contributed by atoms with E-state index in [1.807, 2.05) is 30.3 Å². The largest absolute Gasteiger partial charge is 0.435 e. The number of aliphatic hydroxyl groups is 1. The predicted molar refractivity (Wildman–Crippen MR) is 157 cm³/mol. The second-order valence-corrected chi connectivity index (χ2v) is 11.1. The fourth-order valence-electron chi connectivity index (χ4n) is 4.93. The maximum absolute atomic E-state index is 13.5. The molecular formula is C33H32F3N5O2. The lowest BCUT2D eigenvalue weighted by atomic mass is 9.96. The Labute approximate surface area is 248 Å². The van der Waals surface area contributed by atoms with Crippen molar-refractivity contribution in [1.82, 2.24) is 15.1 Å². The van der Waals surface area contributed by atoms with Crippen molar-refractivity contribution in [1.29, 1.82) is 5.26 Å². The zero-order chi connectivity index (χ0) is 30.6. The van der Waals surface area contributed by atoms with Gasteiger partial charge in [0, 0.05) is 11.8 Å².